The molecule has 1 saturated heterocycles. The topological polar surface area (TPSA) is 45.5 Å². The number of rotatable bonds is 4. The Bertz CT molecular complexity index is 471. The molecule has 1 aromatic rings. The Morgan fingerprint density at radius 3 is 2.40 bits per heavy atom. The highest BCUT2D eigenvalue weighted by atomic mass is 16.3. The molecule has 20 heavy (non-hydrogen) atoms. The summed E-state index contributed by atoms with van der Waals surface area (Å²) >= 11 is 0. The van der Waals surface area contributed by atoms with E-state index in [1.54, 1.807) is 0 Å². The Morgan fingerprint density at radius 1 is 1.25 bits per heavy atom. The Labute approximate surface area is 121 Å². The number of piperidine rings is 1. The van der Waals surface area contributed by atoms with Gasteiger partial charge in [0.05, 0.1) is 5.56 Å². The van der Waals surface area contributed by atoms with E-state index in [1.165, 1.54) is 0 Å². The summed E-state index contributed by atoms with van der Waals surface area (Å²) in [7, 11) is 0. The fraction of sp³-hybridized carbons (Fsp3) is 0.688. The molecule has 0 bridgehead atoms. The van der Waals surface area contributed by atoms with Gasteiger partial charge in [0.2, 0.25) is 0 Å². The first-order valence-electron chi connectivity index (χ1n) is 7.61. The first-order valence-corrected chi connectivity index (χ1v) is 7.61. The third-order valence-corrected chi connectivity index (χ3v) is 4.36. The van der Waals surface area contributed by atoms with E-state index in [2.05, 4.69) is 12.2 Å². The average molecular weight is 278 g/mol. The smallest absolute Gasteiger partial charge is 0.257 e. The lowest BCUT2D eigenvalue weighted by Gasteiger charge is -2.32. The van der Waals surface area contributed by atoms with Crippen LogP contribution < -0.4 is 5.32 Å². The third-order valence-electron chi connectivity index (χ3n) is 4.36. The van der Waals surface area contributed by atoms with Crippen molar-refractivity contribution in [1.82, 2.24) is 10.2 Å². The Balaban J connectivity index is 1.98. The van der Waals surface area contributed by atoms with Gasteiger partial charge >= 0.3 is 0 Å². The van der Waals surface area contributed by atoms with E-state index < -0.39 is 0 Å². The first kappa shape index (κ1) is 15.1. The van der Waals surface area contributed by atoms with Gasteiger partial charge in [-0.3, -0.25) is 4.79 Å². The van der Waals surface area contributed by atoms with Crippen LogP contribution in [-0.2, 0) is 0 Å². The molecule has 2 heterocycles. The van der Waals surface area contributed by atoms with E-state index in [0.29, 0.717) is 5.92 Å². The number of nitrogens with zero attached hydrogens (tertiary/aromatic N) is 1. The van der Waals surface area contributed by atoms with Crippen LogP contribution in [0, 0.1) is 26.7 Å². The van der Waals surface area contributed by atoms with Gasteiger partial charge in [-0.1, -0.05) is 6.92 Å². The summed E-state index contributed by atoms with van der Waals surface area (Å²) in [5.74, 6) is 2.44. The highest BCUT2D eigenvalue weighted by Gasteiger charge is 2.27. The monoisotopic (exact) mass is 278 g/mol. The second kappa shape index (κ2) is 6.44. The van der Waals surface area contributed by atoms with E-state index in [4.69, 9.17) is 4.42 Å². The maximum Gasteiger partial charge on any atom is 0.257 e. The van der Waals surface area contributed by atoms with Gasteiger partial charge in [0, 0.05) is 18.7 Å². The van der Waals surface area contributed by atoms with Crippen LogP contribution in [0.2, 0.25) is 0 Å². The fourth-order valence-electron chi connectivity index (χ4n) is 2.96. The SMILES string of the molecule is CCNCC1CCN(C(=O)c2c(C)oc(C)c2C)CC1. The van der Waals surface area contributed by atoms with Crippen LogP contribution in [0.3, 0.4) is 0 Å². The van der Waals surface area contributed by atoms with Crippen molar-refractivity contribution >= 4 is 5.91 Å². The average Bonchev–Trinajstić information content (AvgIpc) is 2.70. The number of hydrogen-bond acceptors (Lipinski definition) is 3. The molecule has 0 radical (unpaired) electrons. The molecule has 1 aliphatic rings. The summed E-state index contributed by atoms with van der Waals surface area (Å²) < 4.78 is 5.57. The Morgan fingerprint density at radius 2 is 1.90 bits per heavy atom. The van der Waals surface area contributed by atoms with Crippen LogP contribution >= 0.6 is 0 Å². The van der Waals surface area contributed by atoms with Crippen molar-refractivity contribution in [3.05, 3.63) is 22.6 Å². The van der Waals surface area contributed by atoms with Crippen molar-refractivity contribution < 1.29 is 9.21 Å². The highest BCUT2D eigenvalue weighted by molar-refractivity contribution is 5.96. The number of furan rings is 1. The Hall–Kier alpha value is -1.29. The first-order chi connectivity index (χ1) is 9.54. The molecule has 0 aliphatic carbocycles. The zero-order chi connectivity index (χ0) is 14.7. The summed E-state index contributed by atoms with van der Waals surface area (Å²) in [5, 5.41) is 3.40. The van der Waals surface area contributed by atoms with Crippen molar-refractivity contribution in [2.45, 2.75) is 40.5 Å². The van der Waals surface area contributed by atoms with Crippen molar-refractivity contribution in [2.24, 2.45) is 5.92 Å². The lowest BCUT2D eigenvalue weighted by molar-refractivity contribution is 0.0688. The lowest BCUT2D eigenvalue weighted by Crippen LogP contribution is -2.41. The molecule has 0 spiro atoms. The van der Waals surface area contributed by atoms with Crippen LogP contribution in [-0.4, -0.2) is 37.0 Å². The van der Waals surface area contributed by atoms with E-state index in [0.717, 1.165) is 61.7 Å². The largest absolute Gasteiger partial charge is 0.466 e. The van der Waals surface area contributed by atoms with Crippen molar-refractivity contribution in [1.29, 1.82) is 0 Å². The highest BCUT2D eigenvalue weighted by Crippen LogP contribution is 2.25. The molecule has 1 aliphatic heterocycles. The molecule has 1 N–H and O–H groups in total. The summed E-state index contributed by atoms with van der Waals surface area (Å²) in [5.41, 5.74) is 1.76. The van der Waals surface area contributed by atoms with Gasteiger partial charge in [0.15, 0.2) is 0 Å². The van der Waals surface area contributed by atoms with Crippen LogP contribution in [0.25, 0.3) is 0 Å². The molecule has 0 saturated carbocycles. The number of carbonyl (C=O) groups is 1. The number of aryl methyl sites for hydroxylation is 2. The minimum Gasteiger partial charge on any atom is -0.466 e. The van der Waals surface area contributed by atoms with Crippen molar-refractivity contribution in [3.63, 3.8) is 0 Å². The zero-order valence-electron chi connectivity index (χ0n) is 13.1. The minimum atomic E-state index is 0.138. The van der Waals surface area contributed by atoms with Gasteiger partial charge in [0.1, 0.15) is 11.5 Å². The number of hydrogen-bond donors (Lipinski definition) is 1. The van der Waals surface area contributed by atoms with Gasteiger partial charge in [-0.15, -0.1) is 0 Å². The third kappa shape index (κ3) is 3.06. The van der Waals surface area contributed by atoms with E-state index in [1.807, 2.05) is 25.7 Å². The summed E-state index contributed by atoms with van der Waals surface area (Å²) in [4.78, 5) is 14.6. The van der Waals surface area contributed by atoms with Gasteiger partial charge < -0.3 is 14.6 Å². The minimum absolute atomic E-state index is 0.138. The van der Waals surface area contributed by atoms with E-state index in [-0.39, 0.29) is 5.91 Å². The molecule has 1 fully saturated rings. The zero-order valence-corrected chi connectivity index (χ0v) is 13.1. The molecule has 1 amide bonds. The number of amides is 1. The molecule has 112 valence electrons. The molecule has 2 rings (SSSR count). The maximum absolute atomic E-state index is 12.6. The van der Waals surface area contributed by atoms with Crippen LogP contribution in [0.1, 0.15) is 47.2 Å². The second-order valence-corrected chi connectivity index (χ2v) is 5.76. The molecule has 1 aromatic heterocycles. The second-order valence-electron chi connectivity index (χ2n) is 5.76. The fourth-order valence-corrected chi connectivity index (χ4v) is 2.96. The molecular formula is C16H26N2O2. The standard InChI is InChI=1S/C16H26N2O2/c1-5-17-10-14-6-8-18(9-7-14)16(19)15-11(2)12(3)20-13(15)4/h14,17H,5-10H2,1-4H3. The number of nitrogens with one attached hydrogen (secondary N) is 1. The van der Waals surface area contributed by atoms with Gasteiger partial charge in [-0.25, -0.2) is 0 Å². The normalized spacial score (nSPS) is 16.7. The van der Waals surface area contributed by atoms with Crippen molar-refractivity contribution in [2.75, 3.05) is 26.2 Å². The van der Waals surface area contributed by atoms with Gasteiger partial charge in [-0.2, -0.15) is 0 Å². The lowest BCUT2D eigenvalue weighted by atomic mass is 9.96. The van der Waals surface area contributed by atoms with Crippen LogP contribution in [0.15, 0.2) is 4.42 Å². The van der Waals surface area contributed by atoms with Gasteiger partial charge in [-0.05, 0) is 52.6 Å². The molecule has 0 atom stereocenters. The number of likely N-dealkylation sites (tertiary alicyclic amines) is 1. The molecular weight excluding hydrogens is 252 g/mol. The quantitative estimate of drug-likeness (QED) is 0.921. The summed E-state index contributed by atoms with van der Waals surface area (Å²) in [6.07, 6.45) is 2.18. The van der Waals surface area contributed by atoms with E-state index in [9.17, 15) is 4.79 Å². The Kier molecular flexibility index (Phi) is 4.86. The predicted octanol–water partition coefficient (Wildman–Crippen LogP) is 2.67. The van der Waals surface area contributed by atoms with Crippen LogP contribution in [0.5, 0.6) is 0 Å². The van der Waals surface area contributed by atoms with Gasteiger partial charge in [0.25, 0.3) is 5.91 Å². The summed E-state index contributed by atoms with van der Waals surface area (Å²) in [6.45, 7) is 11.7. The predicted molar refractivity (Wildman–Crippen MR) is 80.1 cm³/mol. The molecule has 4 heteroatoms. The van der Waals surface area contributed by atoms with E-state index >= 15 is 0 Å². The maximum atomic E-state index is 12.6. The molecule has 0 aromatic carbocycles. The number of carbonyl (C=O) groups excluding carboxylic acids is 1. The molecule has 0 unspecified atom stereocenters. The van der Waals surface area contributed by atoms with Crippen LogP contribution in [0.4, 0.5) is 0 Å². The summed E-state index contributed by atoms with van der Waals surface area (Å²) in [6, 6.07) is 0. The van der Waals surface area contributed by atoms with Crippen molar-refractivity contribution in [3.8, 4) is 0 Å². The molecule has 4 nitrogen and oxygen atoms in total.